The van der Waals surface area contributed by atoms with Crippen molar-refractivity contribution in [1.29, 1.82) is 0 Å². The van der Waals surface area contributed by atoms with Gasteiger partial charge in [-0.15, -0.1) is 10.2 Å². The number of hydrogen-bond acceptors (Lipinski definition) is 5. The highest BCUT2D eigenvalue weighted by Crippen LogP contribution is 2.36. The third-order valence-electron chi connectivity index (χ3n) is 4.51. The minimum atomic E-state index is -0.419. The maximum absolute atomic E-state index is 11.9. The van der Waals surface area contributed by atoms with Crippen LogP contribution >= 0.6 is 0 Å². The molecule has 1 N–H and O–H groups in total. The normalized spacial score (nSPS) is 15.4. The molecule has 25 heavy (non-hydrogen) atoms. The van der Waals surface area contributed by atoms with Crippen molar-refractivity contribution in [3.63, 3.8) is 0 Å². The number of carbonyl (C=O) groups excluding carboxylic acids is 1. The largest absolute Gasteiger partial charge is 0.449 e. The predicted octanol–water partition coefficient (Wildman–Crippen LogP) is 2.67. The summed E-state index contributed by atoms with van der Waals surface area (Å²) in [6.45, 7) is 3.75. The number of nitrogens with one attached hydrogen (secondary N) is 1. The summed E-state index contributed by atoms with van der Waals surface area (Å²) in [6, 6.07) is 7.85. The maximum Gasteiger partial charge on any atom is 0.411 e. The summed E-state index contributed by atoms with van der Waals surface area (Å²) in [5, 5.41) is 10.9. The number of rotatable bonds is 7. The zero-order valence-electron chi connectivity index (χ0n) is 14.7. The fourth-order valence-electron chi connectivity index (χ4n) is 2.88. The average molecular weight is 344 g/mol. The zero-order valence-corrected chi connectivity index (χ0v) is 14.7. The van der Waals surface area contributed by atoms with Gasteiger partial charge in [0.1, 0.15) is 12.2 Å². The first-order chi connectivity index (χ1) is 12.1. The van der Waals surface area contributed by atoms with E-state index in [4.69, 9.17) is 9.47 Å². The lowest BCUT2D eigenvalue weighted by molar-refractivity contribution is -0.0610. The van der Waals surface area contributed by atoms with Gasteiger partial charge in [0.15, 0.2) is 0 Å². The van der Waals surface area contributed by atoms with Gasteiger partial charge in [0.05, 0.1) is 19.8 Å². The molecule has 0 saturated carbocycles. The van der Waals surface area contributed by atoms with Gasteiger partial charge in [0, 0.05) is 24.6 Å². The van der Waals surface area contributed by atoms with Gasteiger partial charge in [-0.1, -0.05) is 25.5 Å². The number of carbonyl (C=O) groups is 1. The second-order valence-corrected chi connectivity index (χ2v) is 6.50. The fraction of sp³-hybridized carbons (Fsp3) is 0.500. The monoisotopic (exact) mass is 344 g/mol. The first kappa shape index (κ1) is 17.4. The van der Waals surface area contributed by atoms with Gasteiger partial charge in [-0.25, -0.2) is 4.79 Å². The van der Waals surface area contributed by atoms with Gasteiger partial charge in [0.25, 0.3) is 0 Å². The summed E-state index contributed by atoms with van der Waals surface area (Å²) in [6.07, 6.45) is 3.89. The van der Waals surface area contributed by atoms with E-state index in [1.54, 1.807) is 6.33 Å². The number of ether oxygens (including phenoxy) is 2. The third-order valence-corrected chi connectivity index (χ3v) is 4.51. The van der Waals surface area contributed by atoms with E-state index < -0.39 is 6.09 Å². The predicted molar refractivity (Wildman–Crippen MR) is 93.5 cm³/mol. The van der Waals surface area contributed by atoms with Crippen molar-refractivity contribution in [3.05, 3.63) is 42.0 Å². The van der Waals surface area contributed by atoms with Crippen LogP contribution in [0.2, 0.25) is 0 Å². The molecule has 1 saturated heterocycles. The van der Waals surface area contributed by atoms with Crippen molar-refractivity contribution in [2.75, 3.05) is 25.1 Å². The first-order valence-electron chi connectivity index (χ1n) is 8.58. The molecule has 0 spiro atoms. The van der Waals surface area contributed by atoms with Crippen LogP contribution < -0.4 is 5.32 Å². The molecule has 134 valence electrons. The lowest BCUT2D eigenvalue weighted by Crippen LogP contribution is -2.49. The van der Waals surface area contributed by atoms with Crippen LogP contribution in [0.5, 0.6) is 0 Å². The van der Waals surface area contributed by atoms with Crippen molar-refractivity contribution < 1.29 is 14.3 Å². The van der Waals surface area contributed by atoms with Crippen LogP contribution in [0.25, 0.3) is 0 Å². The van der Waals surface area contributed by atoms with Gasteiger partial charge in [-0.3, -0.25) is 5.32 Å². The smallest absolute Gasteiger partial charge is 0.411 e. The molecule has 0 bridgehead atoms. The first-order valence-corrected chi connectivity index (χ1v) is 8.58. The standard InChI is InChI=1S/C18H24N4O3/c1-3-4-8-25-17(23)20-15-7-5-6-14(9-15)18(11-24-12-18)10-16-21-19-13-22(16)2/h5-7,9,13H,3-4,8,10-12H2,1-2H3,(H,20,23). The molecular weight excluding hydrogens is 320 g/mol. The van der Waals surface area contributed by atoms with Gasteiger partial charge < -0.3 is 14.0 Å². The highest BCUT2D eigenvalue weighted by molar-refractivity contribution is 5.84. The molecule has 0 atom stereocenters. The number of amides is 1. The molecule has 2 aromatic rings. The van der Waals surface area contributed by atoms with Crippen molar-refractivity contribution in [1.82, 2.24) is 14.8 Å². The summed E-state index contributed by atoms with van der Waals surface area (Å²) in [4.78, 5) is 11.9. The number of aromatic nitrogens is 3. The summed E-state index contributed by atoms with van der Waals surface area (Å²) in [7, 11) is 1.94. The van der Waals surface area contributed by atoms with Crippen LogP contribution in [0.4, 0.5) is 10.5 Å². The molecule has 1 amide bonds. The van der Waals surface area contributed by atoms with Crippen molar-refractivity contribution in [2.45, 2.75) is 31.6 Å². The summed E-state index contributed by atoms with van der Waals surface area (Å²) in [5.74, 6) is 0.917. The molecule has 3 rings (SSSR count). The number of anilines is 1. The molecule has 2 heterocycles. The number of aryl methyl sites for hydroxylation is 1. The van der Waals surface area contributed by atoms with E-state index in [-0.39, 0.29) is 5.41 Å². The third kappa shape index (κ3) is 3.99. The highest BCUT2D eigenvalue weighted by atomic mass is 16.5. The van der Waals surface area contributed by atoms with Gasteiger partial charge in [-0.2, -0.15) is 0 Å². The van der Waals surface area contributed by atoms with Gasteiger partial charge >= 0.3 is 6.09 Å². The van der Waals surface area contributed by atoms with E-state index in [9.17, 15) is 4.79 Å². The molecule has 0 aliphatic carbocycles. The second-order valence-electron chi connectivity index (χ2n) is 6.50. The second kappa shape index (κ2) is 7.65. The van der Waals surface area contributed by atoms with Gasteiger partial charge in [-0.05, 0) is 24.1 Å². The SMILES string of the molecule is CCCCOC(=O)Nc1cccc(C2(Cc3nncn3C)COC2)c1. The van der Waals surface area contributed by atoms with E-state index in [0.29, 0.717) is 19.8 Å². The number of benzene rings is 1. The van der Waals surface area contributed by atoms with E-state index >= 15 is 0 Å². The Kier molecular flexibility index (Phi) is 5.33. The lowest BCUT2D eigenvalue weighted by Gasteiger charge is -2.41. The minimum Gasteiger partial charge on any atom is -0.449 e. The molecular formula is C18H24N4O3. The molecule has 7 nitrogen and oxygen atoms in total. The number of hydrogen-bond donors (Lipinski definition) is 1. The molecule has 1 fully saturated rings. The lowest BCUT2D eigenvalue weighted by atomic mass is 9.75. The molecule has 1 aromatic carbocycles. The Morgan fingerprint density at radius 3 is 2.92 bits per heavy atom. The average Bonchev–Trinajstić information content (AvgIpc) is 2.96. The molecule has 1 aliphatic rings. The quantitative estimate of drug-likeness (QED) is 0.781. The van der Waals surface area contributed by atoms with Crippen LogP contribution in [0, 0.1) is 0 Å². The maximum atomic E-state index is 11.9. The van der Waals surface area contributed by atoms with E-state index in [1.165, 1.54) is 0 Å². The molecule has 0 unspecified atom stereocenters. The Bertz CT molecular complexity index is 725. The van der Waals surface area contributed by atoms with Crippen molar-refractivity contribution in [3.8, 4) is 0 Å². The fourth-order valence-corrected chi connectivity index (χ4v) is 2.88. The topological polar surface area (TPSA) is 78.3 Å². The van der Waals surface area contributed by atoms with Crippen molar-refractivity contribution >= 4 is 11.8 Å². The van der Waals surface area contributed by atoms with Gasteiger partial charge in [0.2, 0.25) is 0 Å². The zero-order chi connectivity index (χ0) is 17.7. The number of unbranched alkanes of at least 4 members (excludes halogenated alkanes) is 1. The van der Waals surface area contributed by atoms with E-state index in [2.05, 4.69) is 28.5 Å². The molecule has 0 radical (unpaired) electrons. The van der Waals surface area contributed by atoms with Crippen LogP contribution in [-0.2, 0) is 28.4 Å². The Balaban J connectivity index is 1.71. The Morgan fingerprint density at radius 2 is 2.28 bits per heavy atom. The van der Waals surface area contributed by atoms with Crippen LogP contribution in [0.15, 0.2) is 30.6 Å². The minimum absolute atomic E-state index is 0.134. The number of nitrogens with zero attached hydrogens (tertiary/aromatic N) is 3. The Hall–Kier alpha value is -2.41. The summed E-state index contributed by atoms with van der Waals surface area (Å²) >= 11 is 0. The van der Waals surface area contributed by atoms with Crippen LogP contribution in [0.1, 0.15) is 31.2 Å². The highest BCUT2D eigenvalue weighted by Gasteiger charge is 2.41. The Morgan fingerprint density at radius 1 is 1.44 bits per heavy atom. The summed E-state index contributed by atoms with van der Waals surface area (Å²) in [5.41, 5.74) is 1.71. The molecule has 1 aliphatic heterocycles. The van der Waals surface area contributed by atoms with E-state index in [1.807, 2.05) is 29.8 Å². The van der Waals surface area contributed by atoms with Crippen LogP contribution in [0.3, 0.4) is 0 Å². The Labute approximate surface area is 147 Å². The molecule has 7 heteroatoms. The van der Waals surface area contributed by atoms with Crippen molar-refractivity contribution in [2.24, 2.45) is 7.05 Å². The molecule has 1 aromatic heterocycles. The van der Waals surface area contributed by atoms with E-state index in [0.717, 1.165) is 36.3 Å². The van der Waals surface area contributed by atoms with Crippen LogP contribution in [-0.4, -0.2) is 40.7 Å². The summed E-state index contributed by atoms with van der Waals surface area (Å²) < 4.78 is 12.6.